The van der Waals surface area contributed by atoms with Crippen LogP contribution in [0.4, 0.5) is 5.69 Å². The third-order valence-electron chi connectivity index (χ3n) is 3.95. The molecule has 0 atom stereocenters. The molecule has 0 N–H and O–H groups in total. The molecule has 0 saturated carbocycles. The topological polar surface area (TPSA) is 116 Å². The van der Waals surface area contributed by atoms with E-state index in [0.717, 1.165) is 0 Å². The molecule has 10 heteroatoms. The van der Waals surface area contributed by atoms with Crippen molar-refractivity contribution >= 4 is 27.9 Å². The highest BCUT2D eigenvalue weighted by atomic mass is 32.2. The number of sulfonamides is 1. The highest BCUT2D eigenvalue weighted by Crippen LogP contribution is 2.25. The third kappa shape index (κ3) is 3.66. The van der Waals surface area contributed by atoms with Crippen LogP contribution in [0.5, 0.6) is 0 Å². The second-order valence-electron chi connectivity index (χ2n) is 5.66. The van der Waals surface area contributed by atoms with E-state index in [9.17, 15) is 18.5 Å². The Morgan fingerprint density at radius 2 is 1.85 bits per heavy atom. The number of aromatic nitrogens is 1. The molecule has 2 heterocycles. The molecule has 1 aliphatic heterocycles. The lowest BCUT2D eigenvalue weighted by Gasteiger charge is -2.26. The predicted octanol–water partition coefficient (Wildman–Crippen LogP) is 2.08. The zero-order valence-electron chi connectivity index (χ0n) is 14.0. The van der Waals surface area contributed by atoms with E-state index >= 15 is 0 Å². The van der Waals surface area contributed by atoms with Crippen molar-refractivity contribution in [3.63, 3.8) is 0 Å². The van der Waals surface area contributed by atoms with E-state index in [1.807, 2.05) is 0 Å². The number of aryl methyl sites for hydroxylation is 1. The van der Waals surface area contributed by atoms with Crippen LogP contribution < -0.4 is 0 Å². The van der Waals surface area contributed by atoms with Crippen LogP contribution in [-0.4, -0.2) is 49.1 Å². The third-order valence-corrected chi connectivity index (χ3v) is 5.87. The maximum absolute atomic E-state index is 12.6. The molecule has 0 bridgehead atoms. The van der Waals surface area contributed by atoms with Gasteiger partial charge in [0.2, 0.25) is 15.8 Å². The first-order chi connectivity index (χ1) is 12.4. The average molecular weight is 379 g/mol. The van der Waals surface area contributed by atoms with Crippen LogP contribution in [0.15, 0.2) is 33.7 Å². The summed E-state index contributed by atoms with van der Waals surface area (Å²) < 4.78 is 36.6. The van der Waals surface area contributed by atoms with Gasteiger partial charge in [0.25, 0.3) is 0 Å². The number of benzene rings is 1. The van der Waals surface area contributed by atoms with Gasteiger partial charge in [-0.15, -0.1) is 0 Å². The Morgan fingerprint density at radius 1 is 1.19 bits per heavy atom. The minimum Gasteiger partial charge on any atom is -0.379 e. The maximum Gasteiger partial charge on any atom is 0.338 e. The largest absolute Gasteiger partial charge is 0.379 e. The fourth-order valence-corrected chi connectivity index (χ4v) is 3.98. The Bertz CT molecular complexity index is 927. The second kappa shape index (κ2) is 7.36. The molecular weight excluding hydrogens is 362 g/mol. The standard InChI is InChI=1S/C16H17N3O6S/c1-12-16(19(20)21)15(25-17-12)7-4-13-2-5-14(6-3-13)26(22,23)18-8-10-24-11-9-18/h2-7H,8-11H2,1H3. The molecule has 138 valence electrons. The molecule has 1 aliphatic rings. The van der Waals surface area contributed by atoms with Crippen LogP contribution in [0.3, 0.4) is 0 Å². The van der Waals surface area contributed by atoms with Crippen molar-refractivity contribution in [1.82, 2.24) is 9.46 Å². The van der Waals surface area contributed by atoms with Crippen LogP contribution in [0.25, 0.3) is 12.2 Å². The fraction of sp³-hybridized carbons (Fsp3) is 0.312. The minimum atomic E-state index is -3.55. The van der Waals surface area contributed by atoms with Gasteiger partial charge < -0.3 is 9.26 Å². The number of nitrogens with zero attached hydrogens (tertiary/aromatic N) is 3. The second-order valence-corrected chi connectivity index (χ2v) is 7.59. The molecule has 26 heavy (non-hydrogen) atoms. The molecule has 0 amide bonds. The molecule has 0 aliphatic carbocycles. The van der Waals surface area contributed by atoms with Gasteiger partial charge >= 0.3 is 5.69 Å². The molecule has 3 rings (SSSR count). The zero-order valence-corrected chi connectivity index (χ0v) is 14.8. The van der Waals surface area contributed by atoms with Gasteiger partial charge in [0.15, 0.2) is 5.69 Å². The lowest BCUT2D eigenvalue weighted by Crippen LogP contribution is -2.40. The molecule has 2 aromatic rings. The van der Waals surface area contributed by atoms with E-state index in [1.54, 1.807) is 18.2 Å². The quantitative estimate of drug-likeness (QED) is 0.577. The Labute approximate surface area is 150 Å². The van der Waals surface area contributed by atoms with Gasteiger partial charge in [-0.05, 0) is 30.7 Å². The highest BCUT2D eigenvalue weighted by Gasteiger charge is 2.26. The smallest absolute Gasteiger partial charge is 0.338 e. The number of nitro groups is 1. The average Bonchev–Trinajstić information content (AvgIpc) is 3.02. The van der Waals surface area contributed by atoms with E-state index in [4.69, 9.17) is 9.26 Å². The highest BCUT2D eigenvalue weighted by molar-refractivity contribution is 7.89. The number of rotatable bonds is 5. The van der Waals surface area contributed by atoms with Crippen molar-refractivity contribution in [1.29, 1.82) is 0 Å². The van der Waals surface area contributed by atoms with Crippen LogP contribution in [-0.2, 0) is 14.8 Å². The lowest BCUT2D eigenvalue weighted by molar-refractivity contribution is -0.386. The van der Waals surface area contributed by atoms with E-state index in [0.29, 0.717) is 31.9 Å². The molecular formula is C16H17N3O6S. The minimum absolute atomic E-state index is 0.0394. The zero-order chi connectivity index (χ0) is 18.7. The summed E-state index contributed by atoms with van der Waals surface area (Å²) in [5.41, 5.74) is 0.684. The summed E-state index contributed by atoms with van der Waals surface area (Å²) in [6.45, 7) is 2.92. The van der Waals surface area contributed by atoms with Crippen molar-refractivity contribution in [3.8, 4) is 0 Å². The molecule has 1 aromatic heterocycles. The first-order valence-electron chi connectivity index (χ1n) is 7.86. The van der Waals surface area contributed by atoms with Gasteiger partial charge in [-0.2, -0.15) is 4.31 Å². The molecule has 1 saturated heterocycles. The van der Waals surface area contributed by atoms with Crippen molar-refractivity contribution in [2.45, 2.75) is 11.8 Å². The van der Waals surface area contributed by atoms with Crippen LogP contribution in [0.2, 0.25) is 0 Å². The van der Waals surface area contributed by atoms with E-state index < -0.39 is 14.9 Å². The Morgan fingerprint density at radius 3 is 2.46 bits per heavy atom. The SMILES string of the molecule is Cc1noc(C=Cc2ccc(S(=O)(=O)N3CCOCC3)cc2)c1[N+](=O)[O-]. The first kappa shape index (κ1) is 18.2. The van der Waals surface area contributed by atoms with Crippen molar-refractivity contribution in [3.05, 3.63) is 51.4 Å². The summed E-state index contributed by atoms with van der Waals surface area (Å²) >= 11 is 0. The Balaban J connectivity index is 1.79. The van der Waals surface area contributed by atoms with E-state index in [2.05, 4.69) is 5.16 Å². The van der Waals surface area contributed by atoms with Crippen molar-refractivity contribution in [2.75, 3.05) is 26.3 Å². The molecule has 9 nitrogen and oxygen atoms in total. The summed E-state index contributed by atoms with van der Waals surface area (Å²) in [7, 11) is -3.55. The Kier molecular flexibility index (Phi) is 5.16. The van der Waals surface area contributed by atoms with Crippen molar-refractivity contribution < 1.29 is 22.6 Å². The Hall–Kier alpha value is -2.56. The molecule has 1 fully saturated rings. The van der Waals surface area contributed by atoms with Gasteiger partial charge in [-0.1, -0.05) is 23.4 Å². The van der Waals surface area contributed by atoms with Crippen LogP contribution in [0.1, 0.15) is 17.0 Å². The maximum atomic E-state index is 12.6. The van der Waals surface area contributed by atoms with E-state index in [1.165, 1.54) is 29.4 Å². The van der Waals surface area contributed by atoms with Gasteiger partial charge in [0, 0.05) is 13.1 Å². The molecule has 0 unspecified atom stereocenters. The molecule has 1 aromatic carbocycles. The summed E-state index contributed by atoms with van der Waals surface area (Å²) in [5.74, 6) is 0.0394. The summed E-state index contributed by atoms with van der Waals surface area (Å²) in [4.78, 5) is 10.7. The first-order valence-corrected chi connectivity index (χ1v) is 9.30. The number of ether oxygens (including phenoxy) is 1. The predicted molar refractivity (Wildman–Crippen MR) is 92.8 cm³/mol. The number of morpholine rings is 1. The normalized spacial score (nSPS) is 16.2. The molecule has 0 spiro atoms. The van der Waals surface area contributed by atoms with Gasteiger partial charge in [0.05, 0.1) is 23.0 Å². The van der Waals surface area contributed by atoms with E-state index in [-0.39, 0.29) is 22.0 Å². The number of hydrogen-bond acceptors (Lipinski definition) is 7. The molecule has 0 radical (unpaired) electrons. The van der Waals surface area contributed by atoms with Gasteiger partial charge in [-0.25, -0.2) is 8.42 Å². The summed E-state index contributed by atoms with van der Waals surface area (Å²) in [6.07, 6.45) is 3.03. The number of hydrogen-bond donors (Lipinski definition) is 0. The van der Waals surface area contributed by atoms with Gasteiger partial charge in [0.1, 0.15) is 0 Å². The lowest BCUT2D eigenvalue weighted by atomic mass is 10.2. The van der Waals surface area contributed by atoms with Crippen molar-refractivity contribution in [2.24, 2.45) is 0 Å². The van der Waals surface area contributed by atoms with Crippen LogP contribution >= 0.6 is 0 Å². The van der Waals surface area contributed by atoms with Crippen LogP contribution in [0, 0.1) is 17.0 Å². The monoisotopic (exact) mass is 379 g/mol. The van der Waals surface area contributed by atoms with Gasteiger partial charge in [-0.3, -0.25) is 10.1 Å². The summed E-state index contributed by atoms with van der Waals surface area (Å²) in [5, 5.41) is 14.6. The fourth-order valence-electron chi connectivity index (χ4n) is 2.57. The summed E-state index contributed by atoms with van der Waals surface area (Å²) in [6, 6.07) is 6.26.